The molecule has 1 N–H and O–H groups in total. The van der Waals surface area contributed by atoms with E-state index >= 15 is 0 Å². The van der Waals surface area contributed by atoms with Crippen molar-refractivity contribution in [3.05, 3.63) is 77.9 Å². The Kier molecular flexibility index (Phi) is 6.35. The lowest BCUT2D eigenvalue weighted by molar-refractivity contribution is -0.133. The molecule has 3 fully saturated rings. The standard InChI is InChI=1S/C25H28FN5O2/c26-20-8-6-18(7-9-20)13-27-25(32)24-16-30-11-10-19(24)12-22(30)15-31-14-21(28-29-31)17-33-23-4-2-1-3-5-23/h1-9,14,19,22,24H,10-13,15-17H2,(H,27,32)/t19?,22-,24+/m1/s1. The van der Waals surface area contributed by atoms with Gasteiger partial charge in [-0.1, -0.05) is 35.5 Å². The van der Waals surface area contributed by atoms with E-state index in [1.54, 1.807) is 12.1 Å². The Morgan fingerprint density at radius 2 is 1.97 bits per heavy atom. The molecule has 0 spiro atoms. The van der Waals surface area contributed by atoms with Gasteiger partial charge in [-0.3, -0.25) is 14.4 Å². The van der Waals surface area contributed by atoms with Gasteiger partial charge in [0.15, 0.2) is 0 Å². The maximum atomic E-state index is 13.1. The number of fused-ring (bicyclic) bond motifs is 3. The van der Waals surface area contributed by atoms with Crippen LogP contribution < -0.4 is 10.1 Å². The number of hydrogen-bond donors (Lipinski definition) is 1. The van der Waals surface area contributed by atoms with Crippen molar-refractivity contribution in [3.63, 3.8) is 0 Å². The molecule has 4 atom stereocenters. The summed E-state index contributed by atoms with van der Waals surface area (Å²) in [6.07, 6.45) is 3.96. The van der Waals surface area contributed by atoms with E-state index in [1.165, 1.54) is 12.1 Å². The number of amides is 1. The molecule has 2 bridgehead atoms. The maximum absolute atomic E-state index is 13.1. The van der Waals surface area contributed by atoms with Gasteiger partial charge in [0.05, 0.1) is 18.7 Å². The summed E-state index contributed by atoms with van der Waals surface area (Å²) in [5.41, 5.74) is 1.70. The molecule has 1 amide bonds. The second-order valence-electron chi connectivity index (χ2n) is 8.92. The second kappa shape index (κ2) is 9.70. The van der Waals surface area contributed by atoms with E-state index in [0.717, 1.165) is 49.5 Å². The monoisotopic (exact) mass is 449 g/mol. The number of piperidine rings is 3. The van der Waals surface area contributed by atoms with Crippen LogP contribution in [0.3, 0.4) is 0 Å². The van der Waals surface area contributed by atoms with Gasteiger partial charge in [0.1, 0.15) is 23.9 Å². The smallest absolute Gasteiger partial charge is 0.224 e. The van der Waals surface area contributed by atoms with Gasteiger partial charge in [-0.2, -0.15) is 0 Å². The van der Waals surface area contributed by atoms with Gasteiger partial charge in [0.2, 0.25) is 5.91 Å². The molecule has 0 aliphatic carbocycles. The Bertz CT molecular complexity index is 1070. The molecule has 0 radical (unpaired) electrons. The van der Waals surface area contributed by atoms with E-state index in [-0.39, 0.29) is 17.6 Å². The van der Waals surface area contributed by atoms with E-state index in [0.29, 0.717) is 25.1 Å². The third-order valence-corrected chi connectivity index (χ3v) is 6.71. The van der Waals surface area contributed by atoms with Crippen LogP contribution >= 0.6 is 0 Å². The molecule has 3 saturated heterocycles. The van der Waals surface area contributed by atoms with Gasteiger partial charge < -0.3 is 10.1 Å². The van der Waals surface area contributed by atoms with E-state index in [4.69, 9.17) is 4.74 Å². The summed E-state index contributed by atoms with van der Waals surface area (Å²) in [5.74, 6) is 1.01. The number of aromatic nitrogens is 3. The lowest BCUT2D eigenvalue weighted by Gasteiger charge is -2.49. The number of para-hydroxylation sites is 1. The third-order valence-electron chi connectivity index (χ3n) is 6.71. The summed E-state index contributed by atoms with van der Waals surface area (Å²) in [5, 5.41) is 11.6. The van der Waals surface area contributed by atoms with Crippen molar-refractivity contribution in [3.8, 4) is 5.75 Å². The van der Waals surface area contributed by atoms with Gasteiger partial charge in [0.25, 0.3) is 0 Å². The van der Waals surface area contributed by atoms with Crippen LogP contribution in [-0.2, 0) is 24.5 Å². The highest BCUT2D eigenvalue weighted by Gasteiger charge is 2.43. The van der Waals surface area contributed by atoms with Crippen LogP contribution in [0.1, 0.15) is 24.1 Å². The fourth-order valence-corrected chi connectivity index (χ4v) is 4.93. The van der Waals surface area contributed by atoms with E-state index in [1.807, 2.05) is 41.2 Å². The summed E-state index contributed by atoms with van der Waals surface area (Å²) >= 11 is 0. The summed E-state index contributed by atoms with van der Waals surface area (Å²) in [7, 11) is 0. The van der Waals surface area contributed by atoms with Crippen LogP contribution in [-0.4, -0.2) is 44.9 Å². The number of nitrogens with zero attached hydrogens (tertiary/aromatic N) is 4. The minimum absolute atomic E-state index is 0.000952. The van der Waals surface area contributed by atoms with Crippen molar-refractivity contribution >= 4 is 5.91 Å². The Hall–Kier alpha value is -3.26. The molecular weight excluding hydrogens is 421 g/mol. The quantitative estimate of drug-likeness (QED) is 0.572. The van der Waals surface area contributed by atoms with Gasteiger partial charge in [0, 0.05) is 19.1 Å². The van der Waals surface area contributed by atoms with Crippen LogP contribution in [0.25, 0.3) is 0 Å². The molecular formula is C25H28FN5O2. The highest BCUT2D eigenvalue weighted by Crippen LogP contribution is 2.37. The van der Waals surface area contributed by atoms with Crippen molar-refractivity contribution in [1.82, 2.24) is 25.2 Å². The largest absolute Gasteiger partial charge is 0.487 e. The molecule has 2 aromatic carbocycles. The molecule has 6 rings (SSSR count). The number of carbonyl (C=O) groups excluding carboxylic acids is 1. The fourth-order valence-electron chi connectivity index (χ4n) is 4.93. The molecule has 1 aromatic heterocycles. The lowest BCUT2D eigenvalue weighted by atomic mass is 9.75. The minimum atomic E-state index is -0.267. The summed E-state index contributed by atoms with van der Waals surface area (Å²) in [6, 6.07) is 16.3. The predicted molar refractivity (Wildman–Crippen MR) is 121 cm³/mol. The van der Waals surface area contributed by atoms with Crippen molar-refractivity contribution in [2.24, 2.45) is 11.8 Å². The molecule has 8 heteroatoms. The Labute approximate surface area is 192 Å². The van der Waals surface area contributed by atoms with E-state index in [2.05, 4.69) is 20.5 Å². The van der Waals surface area contributed by atoms with Crippen LogP contribution in [0.4, 0.5) is 4.39 Å². The fraction of sp³-hybridized carbons (Fsp3) is 0.400. The Morgan fingerprint density at radius 1 is 1.15 bits per heavy atom. The molecule has 7 nitrogen and oxygen atoms in total. The summed E-state index contributed by atoms with van der Waals surface area (Å²) < 4.78 is 20.7. The number of halogens is 1. The zero-order chi connectivity index (χ0) is 22.6. The number of nitrogens with one attached hydrogen (secondary N) is 1. The van der Waals surface area contributed by atoms with Gasteiger partial charge in [-0.25, -0.2) is 4.39 Å². The zero-order valence-corrected chi connectivity index (χ0v) is 18.4. The van der Waals surface area contributed by atoms with Crippen LogP contribution in [0.15, 0.2) is 60.8 Å². The average molecular weight is 450 g/mol. The first-order valence-electron chi connectivity index (χ1n) is 11.5. The van der Waals surface area contributed by atoms with E-state index < -0.39 is 0 Å². The molecule has 2 unspecified atom stereocenters. The number of hydrogen-bond acceptors (Lipinski definition) is 5. The van der Waals surface area contributed by atoms with Crippen LogP contribution in [0, 0.1) is 17.7 Å². The topological polar surface area (TPSA) is 72.3 Å². The SMILES string of the molecule is O=C(NCc1ccc(F)cc1)[C@H]1CN2CCC1C[C@@H]2Cn1cc(COc2ccccc2)nn1. The third kappa shape index (κ3) is 5.22. The van der Waals surface area contributed by atoms with Gasteiger partial charge in [-0.15, -0.1) is 5.10 Å². The summed E-state index contributed by atoms with van der Waals surface area (Å²) in [4.78, 5) is 15.2. The average Bonchev–Trinajstić information content (AvgIpc) is 3.30. The maximum Gasteiger partial charge on any atom is 0.224 e. The second-order valence-corrected chi connectivity index (χ2v) is 8.92. The number of ether oxygens (including phenoxy) is 1. The lowest BCUT2D eigenvalue weighted by Crippen LogP contribution is -2.58. The van der Waals surface area contributed by atoms with Gasteiger partial charge in [-0.05, 0) is 55.1 Å². The Morgan fingerprint density at radius 3 is 2.73 bits per heavy atom. The van der Waals surface area contributed by atoms with E-state index in [9.17, 15) is 9.18 Å². The van der Waals surface area contributed by atoms with Crippen LogP contribution in [0.2, 0.25) is 0 Å². The van der Waals surface area contributed by atoms with Crippen molar-refractivity contribution in [1.29, 1.82) is 0 Å². The highest BCUT2D eigenvalue weighted by molar-refractivity contribution is 5.79. The molecule has 172 valence electrons. The molecule has 4 heterocycles. The first-order valence-corrected chi connectivity index (χ1v) is 11.5. The Balaban J connectivity index is 1.12. The first kappa shape index (κ1) is 21.6. The highest BCUT2D eigenvalue weighted by atomic mass is 19.1. The van der Waals surface area contributed by atoms with Gasteiger partial charge >= 0.3 is 0 Å². The minimum Gasteiger partial charge on any atom is -0.487 e. The molecule has 3 aliphatic heterocycles. The number of carbonyl (C=O) groups is 1. The van der Waals surface area contributed by atoms with Crippen molar-refractivity contribution in [2.75, 3.05) is 13.1 Å². The predicted octanol–water partition coefficient (Wildman–Crippen LogP) is 3.02. The molecule has 0 saturated carbocycles. The zero-order valence-electron chi connectivity index (χ0n) is 18.4. The summed E-state index contributed by atoms with van der Waals surface area (Å²) in [6.45, 7) is 3.35. The number of rotatable bonds is 8. The first-order chi connectivity index (χ1) is 16.1. The normalized spacial score (nSPS) is 23.9. The molecule has 3 aliphatic rings. The molecule has 33 heavy (non-hydrogen) atoms. The van der Waals surface area contributed by atoms with Crippen LogP contribution in [0.5, 0.6) is 5.75 Å². The van der Waals surface area contributed by atoms with Crippen molar-refractivity contribution in [2.45, 2.75) is 38.6 Å². The number of benzene rings is 2. The molecule has 3 aromatic rings. The van der Waals surface area contributed by atoms with Crippen molar-refractivity contribution < 1.29 is 13.9 Å².